The molecule has 0 unspecified atom stereocenters. The summed E-state index contributed by atoms with van der Waals surface area (Å²) in [5.41, 5.74) is 2.06. The molecule has 1 amide bonds. The number of amides is 1. The maximum Gasteiger partial charge on any atom is 0.236 e. The number of benzene rings is 2. The van der Waals surface area contributed by atoms with Crippen molar-refractivity contribution in [2.45, 2.75) is 6.04 Å². The maximum atomic E-state index is 12.5. The monoisotopic (exact) mass is 301 g/mol. The number of β-lactam (4-membered cyclic amide) rings is 1. The highest BCUT2D eigenvalue weighted by Gasteiger charge is 2.44. The minimum atomic E-state index is -0.131. The highest BCUT2D eigenvalue weighted by molar-refractivity contribution is 6.05. The van der Waals surface area contributed by atoms with Gasteiger partial charge in [-0.1, -0.05) is 85.5 Å². The van der Waals surface area contributed by atoms with Gasteiger partial charge in [0.1, 0.15) is 0 Å². The second-order valence-corrected chi connectivity index (χ2v) is 5.45. The number of carbonyl (C=O) groups excluding carboxylic acids is 1. The van der Waals surface area contributed by atoms with Crippen LogP contribution in [0, 0.1) is 5.92 Å². The van der Waals surface area contributed by atoms with E-state index >= 15 is 0 Å². The Morgan fingerprint density at radius 1 is 0.913 bits per heavy atom. The molecule has 2 atom stereocenters. The molecule has 1 aliphatic rings. The number of rotatable bonds is 5. The minimum absolute atomic E-state index is 0.0290. The number of anilines is 1. The Morgan fingerprint density at radius 3 is 2.22 bits per heavy atom. The van der Waals surface area contributed by atoms with Crippen molar-refractivity contribution >= 4 is 17.7 Å². The van der Waals surface area contributed by atoms with E-state index < -0.39 is 0 Å². The van der Waals surface area contributed by atoms with Gasteiger partial charge in [-0.3, -0.25) is 4.79 Å². The van der Waals surface area contributed by atoms with E-state index in [-0.39, 0.29) is 17.9 Å². The van der Waals surface area contributed by atoms with Gasteiger partial charge in [0.15, 0.2) is 0 Å². The van der Waals surface area contributed by atoms with Crippen LogP contribution in [0.1, 0.15) is 5.56 Å². The van der Waals surface area contributed by atoms with E-state index in [0.29, 0.717) is 0 Å². The van der Waals surface area contributed by atoms with Crippen LogP contribution in [0.15, 0.2) is 91.5 Å². The van der Waals surface area contributed by atoms with Crippen molar-refractivity contribution in [2.75, 3.05) is 4.90 Å². The lowest BCUT2D eigenvalue weighted by atomic mass is 9.85. The first-order valence-corrected chi connectivity index (χ1v) is 7.72. The van der Waals surface area contributed by atoms with Gasteiger partial charge in [0, 0.05) is 5.69 Å². The van der Waals surface area contributed by atoms with Crippen LogP contribution >= 0.6 is 0 Å². The van der Waals surface area contributed by atoms with Crippen LogP contribution in [-0.4, -0.2) is 11.9 Å². The summed E-state index contributed by atoms with van der Waals surface area (Å²) in [4.78, 5) is 14.3. The number of carbonyl (C=O) groups is 1. The molecular formula is C21H19NO. The van der Waals surface area contributed by atoms with Gasteiger partial charge in [-0.05, 0) is 17.7 Å². The Kier molecular flexibility index (Phi) is 4.53. The number of hydrogen-bond acceptors (Lipinski definition) is 1. The Balaban J connectivity index is 1.87. The van der Waals surface area contributed by atoms with Crippen LogP contribution in [0.2, 0.25) is 0 Å². The summed E-state index contributed by atoms with van der Waals surface area (Å²) in [5, 5.41) is 0. The fourth-order valence-electron chi connectivity index (χ4n) is 2.79. The van der Waals surface area contributed by atoms with Gasteiger partial charge < -0.3 is 4.90 Å². The molecule has 1 saturated heterocycles. The Hall–Kier alpha value is -2.87. The van der Waals surface area contributed by atoms with Crippen LogP contribution in [0.4, 0.5) is 5.69 Å². The minimum Gasteiger partial charge on any atom is -0.304 e. The van der Waals surface area contributed by atoms with Crippen molar-refractivity contribution < 1.29 is 4.79 Å². The van der Waals surface area contributed by atoms with Crippen LogP contribution in [0.3, 0.4) is 0 Å². The van der Waals surface area contributed by atoms with Crippen molar-refractivity contribution in [3.05, 3.63) is 97.1 Å². The van der Waals surface area contributed by atoms with E-state index in [9.17, 15) is 4.79 Å². The van der Waals surface area contributed by atoms with Crippen LogP contribution in [0.25, 0.3) is 6.08 Å². The lowest BCUT2D eigenvalue weighted by Gasteiger charge is -2.44. The molecule has 114 valence electrons. The summed E-state index contributed by atoms with van der Waals surface area (Å²) in [6, 6.07) is 19.9. The second-order valence-electron chi connectivity index (χ2n) is 5.45. The van der Waals surface area contributed by atoms with E-state index in [1.54, 1.807) is 6.08 Å². The van der Waals surface area contributed by atoms with Crippen molar-refractivity contribution in [3.63, 3.8) is 0 Å². The molecule has 1 fully saturated rings. The molecule has 3 rings (SSSR count). The molecule has 0 bridgehead atoms. The average molecular weight is 301 g/mol. The SMILES string of the molecule is C=C/C=C/[C@@H]1C(=O)N(c2ccccc2)[C@@H]1/C=C/c1ccccc1. The molecule has 2 aromatic carbocycles. The zero-order valence-corrected chi connectivity index (χ0v) is 12.9. The molecule has 0 radical (unpaired) electrons. The molecule has 1 heterocycles. The van der Waals surface area contributed by atoms with E-state index in [1.807, 2.05) is 65.6 Å². The van der Waals surface area contributed by atoms with Crippen molar-refractivity contribution in [2.24, 2.45) is 5.92 Å². The molecule has 0 aromatic heterocycles. The van der Waals surface area contributed by atoms with Gasteiger partial charge >= 0.3 is 0 Å². The highest BCUT2D eigenvalue weighted by atomic mass is 16.2. The Morgan fingerprint density at radius 2 is 1.57 bits per heavy atom. The normalized spacial score (nSPS) is 20.9. The quantitative estimate of drug-likeness (QED) is 0.589. The van der Waals surface area contributed by atoms with Gasteiger partial charge in [0.05, 0.1) is 12.0 Å². The summed E-state index contributed by atoms with van der Waals surface area (Å²) in [6.45, 7) is 3.68. The zero-order chi connectivity index (χ0) is 16.1. The number of hydrogen-bond donors (Lipinski definition) is 0. The first-order valence-electron chi connectivity index (χ1n) is 7.72. The third-order valence-corrected chi connectivity index (χ3v) is 3.96. The van der Waals surface area contributed by atoms with Gasteiger partial charge in [-0.2, -0.15) is 0 Å². The first kappa shape index (κ1) is 15.0. The van der Waals surface area contributed by atoms with Crippen molar-refractivity contribution in [1.82, 2.24) is 0 Å². The second kappa shape index (κ2) is 6.93. The van der Waals surface area contributed by atoms with Crippen LogP contribution in [0.5, 0.6) is 0 Å². The van der Waals surface area contributed by atoms with Crippen LogP contribution < -0.4 is 4.90 Å². The smallest absolute Gasteiger partial charge is 0.236 e. The summed E-state index contributed by atoms with van der Waals surface area (Å²) in [5.74, 6) is -0.00909. The van der Waals surface area contributed by atoms with Gasteiger partial charge in [0.2, 0.25) is 5.91 Å². The molecular weight excluding hydrogens is 282 g/mol. The van der Waals surface area contributed by atoms with E-state index in [1.165, 1.54) is 0 Å². The number of allylic oxidation sites excluding steroid dienone is 2. The van der Waals surface area contributed by atoms with Crippen molar-refractivity contribution in [3.8, 4) is 0 Å². The zero-order valence-electron chi connectivity index (χ0n) is 12.9. The molecule has 2 heteroatoms. The maximum absolute atomic E-state index is 12.5. The lowest BCUT2D eigenvalue weighted by Crippen LogP contribution is -2.59. The fraction of sp³-hybridized carbons (Fsp3) is 0.0952. The van der Waals surface area contributed by atoms with E-state index in [2.05, 4.69) is 30.9 Å². The lowest BCUT2D eigenvalue weighted by molar-refractivity contribution is -0.126. The molecule has 2 aromatic rings. The first-order chi connectivity index (χ1) is 11.3. The number of para-hydroxylation sites is 1. The van der Waals surface area contributed by atoms with Gasteiger partial charge in [-0.25, -0.2) is 0 Å². The third kappa shape index (κ3) is 3.16. The highest BCUT2D eigenvalue weighted by Crippen LogP contribution is 2.34. The Bertz CT molecular complexity index is 731. The number of nitrogens with zero attached hydrogens (tertiary/aromatic N) is 1. The molecule has 0 N–H and O–H groups in total. The predicted octanol–water partition coefficient (Wildman–Crippen LogP) is 4.47. The fourth-order valence-corrected chi connectivity index (χ4v) is 2.79. The molecule has 0 aliphatic carbocycles. The van der Waals surface area contributed by atoms with E-state index in [4.69, 9.17) is 0 Å². The Labute approximate surface area is 137 Å². The molecule has 0 saturated carbocycles. The van der Waals surface area contributed by atoms with Gasteiger partial charge in [-0.15, -0.1) is 0 Å². The summed E-state index contributed by atoms with van der Waals surface area (Å²) >= 11 is 0. The average Bonchev–Trinajstić information content (AvgIpc) is 2.60. The molecule has 0 spiro atoms. The molecule has 23 heavy (non-hydrogen) atoms. The van der Waals surface area contributed by atoms with Crippen molar-refractivity contribution in [1.29, 1.82) is 0 Å². The topological polar surface area (TPSA) is 20.3 Å². The summed E-state index contributed by atoms with van der Waals surface area (Å²) in [7, 11) is 0. The molecule has 1 aliphatic heterocycles. The largest absolute Gasteiger partial charge is 0.304 e. The van der Waals surface area contributed by atoms with Crippen LogP contribution in [-0.2, 0) is 4.79 Å². The van der Waals surface area contributed by atoms with E-state index in [0.717, 1.165) is 11.3 Å². The molecule has 2 nitrogen and oxygen atoms in total. The standard InChI is InChI=1S/C21H19NO/c1-2-3-14-19-20(16-15-17-10-6-4-7-11-17)22(21(19)23)18-12-8-5-9-13-18/h2-16,19-20H,1H2/b14-3+,16-15+/t19-,20+/m0/s1. The summed E-state index contributed by atoms with van der Waals surface area (Å²) in [6.07, 6.45) is 9.64. The third-order valence-electron chi connectivity index (χ3n) is 3.96. The summed E-state index contributed by atoms with van der Waals surface area (Å²) < 4.78 is 0. The predicted molar refractivity (Wildman–Crippen MR) is 96.0 cm³/mol. The van der Waals surface area contributed by atoms with Gasteiger partial charge in [0.25, 0.3) is 0 Å².